The minimum Gasteiger partial charge on any atom is -0.480 e. The molecule has 0 bridgehead atoms. The van der Waals surface area contributed by atoms with Crippen molar-refractivity contribution in [1.82, 2.24) is 20.3 Å². The lowest BCUT2D eigenvalue weighted by Gasteiger charge is -2.10. The monoisotopic (exact) mass is 350 g/mol. The molecule has 0 spiro atoms. The van der Waals surface area contributed by atoms with Crippen LogP contribution in [0.4, 0.5) is 0 Å². The van der Waals surface area contributed by atoms with Crippen LogP contribution in [0.25, 0.3) is 5.69 Å². The fourth-order valence-electron chi connectivity index (χ4n) is 1.91. The number of halogens is 1. The van der Waals surface area contributed by atoms with Crippen LogP contribution in [0.5, 0.6) is 0 Å². The zero-order valence-electron chi connectivity index (χ0n) is 10.8. The number of carboxylic acids is 1. The normalized spacial score (nSPS) is 15.5. The van der Waals surface area contributed by atoms with Gasteiger partial charge in [0.1, 0.15) is 5.54 Å². The van der Waals surface area contributed by atoms with Gasteiger partial charge in [-0.05, 0) is 31.0 Å². The van der Waals surface area contributed by atoms with Crippen molar-refractivity contribution in [2.45, 2.75) is 18.4 Å². The molecule has 108 valence electrons. The fourth-order valence-corrected chi connectivity index (χ4v) is 2.30. The first-order valence-electron chi connectivity index (χ1n) is 6.24. The number of carbonyl (C=O) groups excluding carboxylic acids is 1. The molecule has 1 aromatic carbocycles. The van der Waals surface area contributed by atoms with E-state index >= 15 is 0 Å². The third kappa shape index (κ3) is 2.66. The molecule has 1 heterocycles. The molecule has 0 atom stereocenters. The minimum absolute atomic E-state index is 0.0856. The van der Waals surface area contributed by atoms with Gasteiger partial charge in [0.15, 0.2) is 5.69 Å². The molecule has 3 rings (SSSR count). The van der Waals surface area contributed by atoms with Crippen molar-refractivity contribution < 1.29 is 14.7 Å². The number of carboxylic acid groups (broad SMARTS) is 1. The van der Waals surface area contributed by atoms with Gasteiger partial charge in [-0.15, -0.1) is 5.10 Å². The van der Waals surface area contributed by atoms with Crippen LogP contribution in [0.15, 0.2) is 34.9 Å². The highest BCUT2D eigenvalue weighted by molar-refractivity contribution is 9.10. The van der Waals surface area contributed by atoms with Crippen LogP contribution in [0.1, 0.15) is 23.3 Å². The van der Waals surface area contributed by atoms with E-state index in [1.54, 1.807) is 0 Å². The molecule has 1 amide bonds. The Balaban J connectivity index is 1.79. The maximum Gasteiger partial charge on any atom is 0.329 e. The van der Waals surface area contributed by atoms with E-state index < -0.39 is 17.4 Å². The Bertz CT molecular complexity index is 724. The lowest BCUT2D eigenvalue weighted by molar-refractivity contribution is -0.140. The molecule has 1 aliphatic rings. The van der Waals surface area contributed by atoms with Crippen LogP contribution in [-0.2, 0) is 4.79 Å². The SMILES string of the molecule is O=C(NC1(C(=O)O)CC1)c1cn(-c2cccc(Br)c2)nn1. The van der Waals surface area contributed by atoms with Gasteiger partial charge in [-0.2, -0.15) is 0 Å². The molecule has 8 heteroatoms. The topological polar surface area (TPSA) is 97.1 Å². The van der Waals surface area contributed by atoms with Gasteiger partial charge >= 0.3 is 5.97 Å². The smallest absolute Gasteiger partial charge is 0.329 e. The van der Waals surface area contributed by atoms with Crippen LogP contribution < -0.4 is 5.32 Å². The average Bonchev–Trinajstić information content (AvgIpc) is 3.06. The third-order valence-electron chi connectivity index (χ3n) is 3.31. The van der Waals surface area contributed by atoms with Crippen LogP contribution in [0.3, 0.4) is 0 Å². The summed E-state index contributed by atoms with van der Waals surface area (Å²) in [4.78, 5) is 23.1. The molecule has 0 unspecified atom stereocenters. The standard InChI is InChI=1S/C13H11BrN4O3/c14-8-2-1-3-9(6-8)18-7-10(16-17-18)11(19)15-13(4-5-13)12(20)21/h1-3,6-7H,4-5H2,(H,15,19)(H,20,21). The maximum atomic E-state index is 12.0. The molecule has 7 nitrogen and oxygen atoms in total. The summed E-state index contributed by atoms with van der Waals surface area (Å²) in [6.07, 6.45) is 2.34. The lowest BCUT2D eigenvalue weighted by Crippen LogP contribution is -2.43. The summed E-state index contributed by atoms with van der Waals surface area (Å²) >= 11 is 3.35. The molecular formula is C13H11BrN4O3. The zero-order valence-corrected chi connectivity index (χ0v) is 12.4. The molecule has 1 aromatic heterocycles. The molecule has 0 saturated heterocycles. The minimum atomic E-state index is -1.13. The summed E-state index contributed by atoms with van der Waals surface area (Å²) < 4.78 is 2.34. The number of aliphatic carboxylic acids is 1. The average molecular weight is 351 g/mol. The lowest BCUT2D eigenvalue weighted by atomic mass is 10.2. The van der Waals surface area contributed by atoms with Gasteiger partial charge in [0.2, 0.25) is 0 Å². The Labute approximate surface area is 128 Å². The first-order valence-corrected chi connectivity index (χ1v) is 7.04. The first kappa shape index (κ1) is 13.7. The van der Waals surface area contributed by atoms with Gasteiger partial charge in [0.05, 0.1) is 11.9 Å². The van der Waals surface area contributed by atoms with Crippen molar-refractivity contribution in [1.29, 1.82) is 0 Å². The van der Waals surface area contributed by atoms with Crippen molar-refractivity contribution >= 4 is 27.8 Å². The van der Waals surface area contributed by atoms with E-state index in [9.17, 15) is 9.59 Å². The predicted octanol–water partition coefficient (Wildman–Crippen LogP) is 1.38. The molecule has 2 N–H and O–H groups in total. The molecule has 0 radical (unpaired) electrons. The van der Waals surface area contributed by atoms with Crippen LogP contribution >= 0.6 is 15.9 Å². The van der Waals surface area contributed by atoms with E-state index in [0.717, 1.165) is 10.2 Å². The summed E-state index contributed by atoms with van der Waals surface area (Å²) in [5.41, 5.74) is -0.297. The highest BCUT2D eigenvalue weighted by Gasteiger charge is 2.51. The van der Waals surface area contributed by atoms with Crippen molar-refractivity contribution in [3.05, 3.63) is 40.6 Å². The van der Waals surface area contributed by atoms with Gasteiger partial charge in [0.25, 0.3) is 5.91 Å². The van der Waals surface area contributed by atoms with Crippen LogP contribution in [0.2, 0.25) is 0 Å². The number of rotatable bonds is 4. The van der Waals surface area contributed by atoms with E-state index in [1.807, 2.05) is 24.3 Å². The Morgan fingerprint density at radius 2 is 2.14 bits per heavy atom. The van der Waals surface area contributed by atoms with Gasteiger partial charge in [0, 0.05) is 4.47 Å². The molecular weight excluding hydrogens is 340 g/mol. The Kier molecular flexibility index (Phi) is 3.25. The van der Waals surface area contributed by atoms with Crippen LogP contribution in [0, 0.1) is 0 Å². The van der Waals surface area contributed by atoms with Crippen LogP contribution in [-0.4, -0.2) is 37.5 Å². The highest BCUT2D eigenvalue weighted by atomic mass is 79.9. The number of nitrogens with zero attached hydrogens (tertiary/aromatic N) is 3. The number of amides is 1. The third-order valence-corrected chi connectivity index (χ3v) is 3.80. The quantitative estimate of drug-likeness (QED) is 0.867. The van der Waals surface area contributed by atoms with E-state index in [4.69, 9.17) is 5.11 Å². The highest BCUT2D eigenvalue weighted by Crippen LogP contribution is 2.35. The second-order valence-corrected chi connectivity index (χ2v) is 5.79. The van der Waals surface area contributed by atoms with Crippen molar-refractivity contribution in [2.75, 3.05) is 0 Å². The Hall–Kier alpha value is -2.22. The molecule has 1 aliphatic carbocycles. The zero-order chi connectivity index (χ0) is 15.0. The van der Waals surface area contributed by atoms with Gasteiger partial charge in [-0.3, -0.25) is 4.79 Å². The number of nitrogens with one attached hydrogen (secondary N) is 1. The summed E-state index contributed by atoms with van der Waals surface area (Å²) in [6.45, 7) is 0. The molecule has 1 saturated carbocycles. The second kappa shape index (κ2) is 4.96. The Morgan fingerprint density at radius 1 is 1.38 bits per heavy atom. The van der Waals surface area contributed by atoms with Crippen molar-refractivity contribution in [3.8, 4) is 5.69 Å². The molecule has 2 aromatic rings. The maximum absolute atomic E-state index is 12.0. The van der Waals surface area contributed by atoms with Gasteiger partial charge in [-0.1, -0.05) is 27.2 Å². The van der Waals surface area contributed by atoms with E-state index in [1.165, 1.54) is 10.9 Å². The van der Waals surface area contributed by atoms with E-state index in [2.05, 4.69) is 31.6 Å². The van der Waals surface area contributed by atoms with E-state index in [-0.39, 0.29) is 5.69 Å². The fraction of sp³-hybridized carbons (Fsp3) is 0.231. The summed E-state index contributed by atoms with van der Waals surface area (Å²) in [5.74, 6) is -1.55. The molecule has 0 aliphatic heterocycles. The largest absolute Gasteiger partial charge is 0.480 e. The predicted molar refractivity (Wildman–Crippen MR) is 76.1 cm³/mol. The number of benzene rings is 1. The van der Waals surface area contributed by atoms with Gasteiger partial charge in [-0.25, -0.2) is 9.48 Å². The number of carbonyl (C=O) groups is 2. The first-order chi connectivity index (χ1) is 10.00. The molecule has 1 fully saturated rings. The summed E-state index contributed by atoms with van der Waals surface area (Å²) in [5, 5.41) is 19.2. The Morgan fingerprint density at radius 3 is 2.76 bits per heavy atom. The van der Waals surface area contributed by atoms with Gasteiger partial charge < -0.3 is 10.4 Å². The van der Waals surface area contributed by atoms with Crippen molar-refractivity contribution in [3.63, 3.8) is 0 Å². The number of hydrogen-bond acceptors (Lipinski definition) is 4. The molecule has 21 heavy (non-hydrogen) atoms. The number of aromatic nitrogens is 3. The van der Waals surface area contributed by atoms with E-state index in [0.29, 0.717) is 12.8 Å². The second-order valence-electron chi connectivity index (χ2n) is 4.87. The summed E-state index contributed by atoms with van der Waals surface area (Å²) in [6, 6.07) is 7.36. The summed E-state index contributed by atoms with van der Waals surface area (Å²) in [7, 11) is 0. The number of hydrogen-bond donors (Lipinski definition) is 2. The van der Waals surface area contributed by atoms with Crippen molar-refractivity contribution in [2.24, 2.45) is 0 Å².